The Labute approximate surface area is 195 Å². The Morgan fingerprint density at radius 2 is 1.69 bits per heavy atom. The number of methoxy groups -OCH3 is 1. The molecule has 2 aliphatic heterocycles. The molecule has 2 saturated heterocycles. The normalized spacial score (nSPS) is 23.9. The molecule has 3 fully saturated rings. The third kappa shape index (κ3) is 8.50. The molecule has 0 amide bonds. The van der Waals surface area contributed by atoms with Crippen molar-refractivity contribution in [3.8, 4) is 0 Å². The van der Waals surface area contributed by atoms with Gasteiger partial charge in [-0.05, 0) is 64.5 Å². The van der Waals surface area contributed by atoms with Crippen LogP contribution in [0.25, 0.3) is 0 Å². The van der Waals surface area contributed by atoms with E-state index in [1.54, 1.807) is 7.11 Å². The zero-order chi connectivity index (χ0) is 19.6. The van der Waals surface area contributed by atoms with E-state index in [4.69, 9.17) is 9.73 Å². The van der Waals surface area contributed by atoms with Crippen LogP contribution in [0.2, 0.25) is 0 Å². The van der Waals surface area contributed by atoms with Gasteiger partial charge < -0.3 is 25.2 Å². The minimum Gasteiger partial charge on any atom is -0.383 e. The summed E-state index contributed by atoms with van der Waals surface area (Å²) in [5.41, 5.74) is 0. The lowest BCUT2D eigenvalue weighted by molar-refractivity contribution is 0.121. The van der Waals surface area contributed by atoms with Crippen molar-refractivity contribution in [2.75, 3.05) is 59.5 Å². The number of nitrogens with one attached hydrogen (secondary N) is 2. The van der Waals surface area contributed by atoms with Crippen LogP contribution < -0.4 is 10.6 Å². The van der Waals surface area contributed by atoms with Crippen LogP contribution in [0.4, 0.5) is 0 Å². The molecule has 29 heavy (non-hydrogen) atoms. The van der Waals surface area contributed by atoms with Crippen molar-refractivity contribution in [1.82, 2.24) is 20.4 Å². The maximum Gasteiger partial charge on any atom is 0.191 e. The number of rotatable bonds is 8. The highest BCUT2D eigenvalue weighted by atomic mass is 127. The van der Waals surface area contributed by atoms with Crippen LogP contribution in [0.5, 0.6) is 0 Å². The summed E-state index contributed by atoms with van der Waals surface area (Å²) in [5.74, 6) is 1.75. The van der Waals surface area contributed by atoms with Gasteiger partial charge in [0.15, 0.2) is 5.96 Å². The molecular formula is C22H44IN5O. The van der Waals surface area contributed by atoms with Gasteiger partial charge in [0.1, 0.15) is 0 Å². The second kappa shape index (κ2) is 14.0. The lowest BCUT2D eigenvalue weighted by Gasteiger charge is -2.36. The van der Waals surface area contributed by atoms with Gasteiger partial charge in [0.05, 0.1) is 6.61 Å². The van der Waals surface area contributed by atoms with Crippen molar-refractivity contribution in [2.24, 2.45) is 10.9 Å². The van der Waals surface area contributed by atoms with Gasteiger partial charge in [-0.3, -0.25) is 4.99 Å². The van der Waals surface area contributed by atoms with Crippen LogP contribution in [0, 0.1) is 5.92 Å². The summed E-state index contributed by atoms with van der Waals surface area (Å²) < 4.78 is 5.20. The van der Waals surface area contributed by atoms with Gasteiger partial charge in [-0.25, -0.2) is 0 Å². The van der Waals surface area contributed by atoms with Crippen molar-refractivity contribution in [3.63, 3.8) is 0 Å². The summed E-state index contributed by atoms with van der Waals surface area (Å²) in [4.78, 5) is 10.2. The fraction of sp³-hybridized carbons (Fsp3) is 0.955. The summed E-state index contributed by atoms with van der Waals surface area (Å²) in [6.45, 7) is 10.8. The number of likely N-dealkylation sites (tertiary alicyclic amines) is 2. The van der Waals surface area contributed by atoms with Gasteiger partial charge in [-0.2, -0.15) is 0 Å². The highest BCUT2D eigenvalue weighted by Gasteiger charge is 2.27. The number of ether oxygens (including phenoxy) is 1. The molecular weight excluding hydrogens is 477 g/mol. The molecule has 6 nitrogen and oxygen atoms in total. The largest absolute Gasteiger partial charge is 0.383 e. The molecule has 0 aromatic heterocycles. The highest BCUT2D eigenvalue weighted by molar-refractivity contribution is 14.0. The lowest BCUT2D eigenvalue weighted by atomic mass is 9.97. The molecule has 1 aliphatic carbocycles. The maximum absolute atomic E-state index is 5.20. The summed E-state index contributed by atoms with van der Waals surface area (Å²) in [7, 11) is 1.79. The van der Waals surface area contributed by atoms with Crippen molar-refractivity contribution >= 4 is 29.9 Å². The fourth-order valence-electron chi connectivity index (χ4n) is 5.03. The molecule has 0 aromatic rings. The molecule has 7 heteroatoms. The van der Waals surface area contributed by atoms with Crippen LogP contribution >= 0.6 is 24.0 Å². The summed E-state index contributed by atoms with van der Waals surface area (Å²) in [6.07, 6.45) is 10.7. The lowest BCUT2D eigenvalue weighted by Crippen LogP contribution is -2.50. The third-order valence-corrected chi connectivity index (χ3v) is 6.88. The highest BCUT2D eigenvalue weighted by Crippen LogP contribution is 2.26. The van der Waals surface area contributed by atoms with Crippen LogP contribution in [-0.2, 0) is 4.74 Å². The summed E-state index contributed by atoms with van der Waals surface area (Å²) >= 11 is 0. The Morgan fingerprint density at radius 3 is 2.31 bits per heavy atom. The van der Waals surface area contributed by atoms with E-state index >= 15 is 0 Å². The molecule has 0 aromatic carbocycles. The van der Waals surface area contributed by atoms with Crippen molar-refractivity contribution in [3.05, 3.63) is 0 Å². The number of hydrogen-bond donors (Lipinski definition) is 2. The number of guanidine groups is 1. The maximum atomic E-state index is 5.20. The average Bonchev–Trinajstić information content (AvgIpc) is 3.27. The third-order valence-electron chi connectivity index (χ3n) is 6.88. The van der Waals surface area contributed by atoms with E-state index < -0.39 is 0 Å². The van der Waals surface area contributed by atoms with Gasteiger partial charge in [0.2, 0.25) is 0 Å². The Kier molecular flexibility index (Phi) is 12.2. The first kappa shape index (κ1) is 25.1. The first-order valence-corrected chi connectivity index (χ1v) is 11.8. The zero-order valence-corrected chi connectivity index (χ0v) is 21.0. The molecule has 0 atom stereocenters. The number of hydrogen-bond acceptors (Lipinski definition) is 4. The Balaban J connectivity index is 0.00000300. The van der Waals surface area contributed by atoms with Crippen molar-refractivity contribution in [2.45, 2.75) is 70.4 Å². The van der Waals surface area contributed by atoms with E-state index in [1.165, 1.54) is 77.5 Å². The van der Waals surface area contributed by atoms with Gasteiger partial charge in [0.25, 0.3) is 0 Å². The first-order valence-electron chi connectivity index (χ1n) is 11.8. The van der Waals surface area contributed by atoms with Gasteiger partial charge in [-0.1, -0.05) is 12.8 Å². The molecule has 0 unspecified atom stereocenters. The topological polar surface area (TPSA) is 52.1 Å². The summed E-state index contributed by atoms with van der Waals surface area (Å²) in [6, 6.07) is 1.45. The van der Waals surface area contributed by atoms with E-state index in [1.807, 2.05) is 0 Å². The monoisotopic (exact) mass is 521 g/mol. The quantitative estimate of drug-likeness (QED) is 0.292. The van der Waals surface area contributed by atoms with Crippen molar-refractivity contribution in [1.29, 1.82) is 0 Å². The van der Waals surface area contributed by atoms with Gasteiger partial charge in [0, 0.05) is 51.9 Å². The standard InChI is InChI=1S/C22H43N5O.HI/c1-3-23-22(24-18-19-8-12-26(13-9-19)16-17-28-2)25-20-10-14-27(15-11-20)21-6-4-5-7-21;/h19-21H,3-18H2,1-2H3,(H2,23,24,25);1H. The van der Waals surface area contributed by atoms with Crippen molar-refractivity contribution < 1.29 is 4.74 Å². The van der Waals surface area contributed by atoms with Gasteiger partial charge in [-0.15, -0.1) is 24.0 Å². The average molecular weight is 522 g/mol. The SMILES string of the molecule is CCNC(=NCC1CCN(CCOC)CC1)NC1CCN(C2CCCC2)CC1.I. The van der Waals surface area contributed by atoms with Crippen LogP contribution in [-0.4, -0.2) is 87.4 Å². The zero-order valence-electron chi connectivity index (χ0n) is 18.7. The van der Waals surface area contributed by atoms with E-state index in [9.17, 15) is 0 Å². The predicted octanol–water partition coefficient (Wildman–Crippen LogP) is 2.92. The molecule has 3 aliphatic rings. The molecule has 0 spiro atoms. The second-order valence-electron chi connectivity index (χ2n) is 8.89. The van der Waals surface area contributed by atoms with E-state index in [2.05, 4.69) is 27.4 Å². The molecule has 2 heterocycles. The molecule has 1 saturated carbocycles. The number of halogens is 1. The fourth-order valence-corrected chi connectivity index (χ4v) is 5.03. The van der Waals surface area contributed by atoms with E-state index in [0.29, 0.717) is 6.04 Å². The molecule has 0 bridgehead atoms. The Hall–Kier alpha value is -0.120. The predicted molar refractivity (Wildman–Crippen MR) is 132 cm³/mol. The summed E-state index contributed by atoms with van der Waals surface area (Å²) in [5, 5.41) is 7.20. The number of aliphatic imine (C=N–C) groups is 1. The first-order chi connectivity index (χ1) is 13.8. The number of nitrogens with zero attached hydrogens (tertiary/aromatic N) is 3. The van der Waals surface area contributed by atoms with Crippen LogP contribution in [0.3, 0.4) is 0 Å². The van der Waals surface area contributed by atoms with Gasteiger partial charge >= 0.3 is 0 Å². The van der Waals surface area contributed by atoms with Crippen LogP contribution in [0.1, 0.15) is 58.3 Å². The molecule has 3 rings (SSSR count). The Bertz CT molecular complexity index is 456. The van der Waals surface area contributed by atoms with E-state index in [-0.39, 0.29) is 24.0 Å². The molecule has 2 N–H and O–H groups in total. The van der Waals surface area contributed by atoms with Crippen LogP contribution in [0.15, 0.2) is 4.99 Å². The number of piperidine rings is 2. The molecule has 170 valence electrons. The second-order valence-corrected chi connectivity index (χ2v) is 8.89. The smallest absolute Gasteiger partial charge is 0.191 e. The molecule has 0 radical (unpaired) electrons. The Morgan fingerprint density at radius 1 is 1.00 bits per heavy atom. The minimum absolute atomic E-state index is 0. The minimum atomic E-state index is 0. The van der Waals surface area contributed by atoms with E-state index in [0.717, 1.165) is 44.2 Å².